The lowest BCUT2D eigenvalue weighted by Crippen LogP contribution is -2.14. The number of pyridine rings is 1. The number of nitrogens with zero attached hydrogens (tertiary/aromatic N) is 1. The van der Waals surface area contributed by atoms with Crippen LogP contribution in [0.2, 0.25) is 0 Å². The van der Waals surface area contributed by atoms with Crippen LogP contribution in [0.3, 0.4) is 0 Å². The summed E-state index contributed by atoms with van der Waals surface area (Å²) in [6, 6.07) is 13.2. The number of rotatable bonds is 10. The molecule has 1 aromatic carbocycles. The second kappa shape index (κ2) is 9.73. The van der Waals surface area contributed by atoms with Crippen molar-refractivity contribution >= 4 is 12.9 Å². The van der Waals surface area contributed by atoms with Crippen molar-refractivity contribution in [3.63, 3.8) is 0 Å². The SMILES string of the molecule is CCCCOP(=O)(OCCCC)c1ccccc1-c1ccccn1. The molecule has 130 valence electrons. The highest BCUT2D eigenvalue weighted by Gasteiger charge is 2.30. The van der Waals surface area contributed by atoms with Gasteiger partial charge in [0.2, 0.25) is 0 Å². The second-order valence-corrected chi connectivity index (χ2v) is 7.60. The minimum atomic E-state index is -3.37. The standard InChI is InChI=1S/C19H26NO3P/c1-3-5-15-22-24(21,23-16-6-4-2)19-13-8-7-11-17(19)18-12-9-10-14-20-18/h7-14H,3-6,15-16H2,1-2H3. The van der Waals surface area contributed by atoms with E-state index in [1.807, 2.05) is 42.5 Å². The lowest BCUT2D eigenvalue weighted by molar-refractivity contribution is 0.208. The zero-order valence-corrected chi connectivity index (χ0v) is 15.4. The van der Waals surface area contributed by atoms with Crippen molar-refractivity contribution in [3.05, 3.63) is 48.7 Å². The molecule has 0 bridgehead atoms. The summed E-state index contributed by atoms with van der Waals surface area (Å²) in [6.45, 7) is 5.01. The van der Waals surface area contributed by atoms with Crippen LogP contribution in [0.5, 0.6) is 0 Å². The minimum Gasteiger partial charge on any atom is -0.305 e. The van der Waals surface area contributed by atoms with E-state index in [2.05, 4.69) is 18.8 Å². The molecule has 0 atom stereocenters. The van der Waals surface area contributed by atoms with Crippen molar-refractivity contribution < 1.29 is 13.6 Å². The van der Waals surface area contributed by atoms with Crippen molar-refractivity contribution in [1.82, 2.24) is 4.98 Å². The van der Waals surface area contributed by atoms with Crippen molar-refractivity contribution in [1.29, 1.82) is 0 Å². The van der Waals surface area contributed by atoms with E-state index in [1.165, 1.54) is 0 Å². The molecule has 1 aromatic heterocycles. The topological polar surface area (TPSA) is 48.4 Å². The van der Waals surface area contributed by atoms with Crippen LogP contribution in [0.25, 0.3) is 11.3 Å². The first-order valence-corrected chi connectivity index (χ1v) is 10.2. The Hall–Kier alpha value is -1.48. The van der Waals surface area contributed by atoms with Gasteiger partial charge in [-0.3, -0.25) is 9.55 Å². The molecule has 0 aliphatic heterocycles. The van der Waals surface area contributed by atoms with E-state index >= 15 is 0 Å². The fraction of sp³-hybridized carbons (Fsp3) is 0.421. The normalized spacial score (nSPS) is 11.6. The molecule has 4 nitrogen and oxygen atoms in total. The molecule has 0 saturated heterocycles. The monoisotopic (exact) mass is 347 g/mol. The molecule has 0 spiro atoms. The van der Waals surface area contributed by atoms with E-state index in [0.29, 0.717) is 18.5 Å². The van der Waals surface area contributed by atoms with Crippen LogP contribution in [0.1, 0.15) is 39.5 Å². The quantitative estimate of drug-likeness (QED) is 0.438. The highest BCUT2D eigenvalue weighted by molar-refractivity contribution is 7.62. The number of hydrogen-bond donors (Lipinski definition) is 0. The summed E-state index contributed by atoms with van der Waals surface area (Å²) in [7, 11) is -3.37. The predicted octanol–water partition coefficient (Wildman–Crippen LogP) is 5.20. The molecular formula is C19H26NO3P. The van der Waals surface area contributed by atoms with Crippen LogP contribution < -0.4 is 5.30 Å². The lowest BCUT2D eigenvalue weighted by Gasteiger charge is -2.21. The molecule has 0 N–H and O–H groups in total. The first kappa shape index (κ1) is 18.9. The maximum atomic E-state index is 13.5. The lowest BCUT2D eigenvalue weighted by atomic mass is 10.1. The highest BCUT2D eigenvalue weighted by Crippen LogP contribution is 2.49. The van der Waals surface area contributed by atoms with E-state index in [9.17, 15) is 4.57 Å². The van der Waals surface area contributed by atoms with Gasteiger partial charge in [-0.2, -0.15) is 0 Å². The van der Waals surface area contributed by atoms with Crippen LogP contribution in [-0.4, -0.2) is 18.2 Å². The van der Waals surface area contributed by atoms with Gasteiger partial charge in [-0.05, 0) is 31.0 Å². The van der Waals surface area contributed by atoms with E-state index in [0.717, 1.165) is 36.9 Å². The average Bonchev–Trinajstić information content (AvgIpc) is 2.63. The largest absolute Gasteiger partial charge is 0.362 e. The number of aromatic nitrogens is 1. The van der Waals surface area contributed by atoms with Crippen molar-refractivity contribution in [2.24, 2.45) is 0 Å². The van der Waals surface area contributed by atoms with E-state index in [4.69, 9.17) is 9.05 Å². The Bertz CT molecular complexity index is 647. The molecule has 0 amide bonds. The predicted molar refractivity (Wildman–Crippen MR) is 98.6 cm³/mol. The van der Waals surface area contributed by atoms with E-state index < -0.39 is 7.60 Å². The molecular weight excluding hydrogens is 321 g/mol. The summed E-state index contributed by atoms with van der Waals surface area (Å²) >= 11 is 0. The molecule has 0 unspecified atom stereocenters. The number of benzene rings is 1. The van der Waals surface area contributed by atoms with Crippen LogP contribution in [0.15, 0.2) is 48.7 Å². The van der Waals surface area contributed by atoms with E-state index in [-0.39, 0.29) is 0 Å². The molecule has 0 saturated carbocycles. The number of hydrogen-bond acceptors (Lipinski definition) is 4. The first-order valence-electron chi connectivity index (χ1n) is 8.61. The summed E-state index contributed by atoms with van der Waals surface area (Å²) in [6.07, 6.45) is 5.40. The zero-order chi connectivity index (χ0) is 17.3. The molecule has 2 rings (SSSR count). The Morgan fingerprint density at radius 2 is 1.54 bits per heavy atom. The minimum absolute atomic E-state index is 0.427. The highest BCUT2D eigenvalue weighted by atomic mass is 31.2. The first-order chi connectivity index (χ1) is 11.7. The second-order valence-electron chi connectivity index (χ2n) is 5.60. The Balaban J connectivity index is 2.36. The third kappa shape index (κ3) is 5.01. The summed E-state index contributed by atoms with van der Waals surface area (Å²) in [5.41, 5.74) is 1.57. The van der Waals surface area contributed by atoms with Crippen LogP contribution >= 0.6 is 7.60 Å². The van der Waals surface area contributed by atoms with Crippen LogP contribution in [0.4, 0.5) is 0 Å². The van der Waals surface area contributed by atoms with Gasteiger partial charge in [0.1, 0.15) is 0 Å². The molecule has 0 fully saturated rings. The zero-order valence-electron chi connectivity index (χ0n) is 14.5. The Morgan fingerprint density at radius 3 is 2.12 bits per heavy atom. The van der Waals surface area contributed by atoms with Gasteiger partial charge >= 0.3 is 7.60 Å². The molecule has 0 aliphatic carbocycles. The Labute approximate surface area is 144 Å². The maximum Gasteiger partial charge on any atom is 0.362 e. The van der Waals surface area contributed by atoms with Gasteiger partial charge in [-0.25, -0.2) is 0 Å². The van der Waals surface area contributed by atoms with Crippen LogP contribution in [0, 0.1) is 0 Å². The van der Waals surface area contributed by atoms with Crippen molar-refractivity contribution in [2.45, 2.75) is 39.5 Å². The molecule has 24 heavy (non-hydrogen) atoms. The molecule has 1 heterocycles. The summed E-state index contributed by atoms with van der Waals surface area (Å²) in [5.74, 6) is 0. The Morgan fingerprint density at radius 1 is 0.917 bits per heavy atom. The fourth-order valence-corrected chi connectivity index (χ4v) is 4.13. The smallest absolute Gasteiger partial charge is 0.305 e. The summed E-state index contributed by atoms with van der Waals surface area (Å²) < 4.78 is 25.0. The van der Waals surface area contributed by atoms with Gasteiger partial charge in [-0.1, -0.05) is 51.0 Å². The van der Waals surface area contributed by atoms with E-state index in [1.54, 1.807) is 6.20 Å². The van der Waals surface area contributed by atoms with Gasteiger partial charge in [0.25, 0.3) is 0 Å². The third-order valence-corrected chi connectivity index (χ3v) is 5.68. The van der Waals surface area contributed by atoms with Gasteiger partial charge in [-0.15, -0.1) is 0 Å². The van der Waals surface area contributed by atoms with Crippen molar-refractivity contribution in [2.75, 3.05) is 13.2 Å². The summed E-state index contributed by atoms with van der Waals surface area (Å²) in [5, 5.41) is 0.593. The molecule has 0 aliphatic rings. The van der Waals surface area contributed by atoms with Gasteiger partial charge in [0, 0.05) is 11.8 Å². The van der Waals surface area contributed by atoms with Gasteiger partial charge < -0.3 is 9.05 Å². The van der Waals surface area contributed by atoms with Gasteiger partial charge in [0.05, 0.1) is 24.2 Å². The molecule has 2 aromatic rings. The van der Waals surface area contributed by atoms with Crippen LogP contribution in [-0.2, 0) is 13.6 Å². The van der Waals surface area contributed by atoms with Gasteiger partial charge in [0.15, 0.2) is 0 Å². The molecule has 0 radical (unpaired) electrons. The number of unbranched alkanes of at least 4 members (excludes halogenated alkanes) is 2. The fourth-order valence-electron chi connectivity index (χ4n) is 2.29. The average molecular weight is 347 g/mol. The maximum absolute atomic E-state index is 13.5. The van der Waals surface area contributed by atoms with Crippen molar-refractivity contribution in [3.8, 4) is 11.3 Å². The molecule has 5 heteroatoms. The third-order valence-electron chi connectivity index (χ3n) is 3.66. The summed E-state index contributed by atoms with van der Waals surface area (Å²) in [4.78, 5) is 4.38. The Kier molecular flexibility index (Phi) is 7.64.